The summed E-state index contributed by atoms with van der Waals surface area (Å²) >= 11 is 1.37. The van der Waals surface area contributed by atoms with Crippen LogP contribution in [-0.4, -0.2) is 15.9 Å². The van der Waals surface area contributed by atoms with Gasteiger partial charge in [0.05, 0.1) is 16.9 Å². The summed E-state index contributed by atoms with van der Waals surface area (Å²) in [6, 6.07) is 10.9. The van der Waals surface area contributed by atoms with Gasteiger partial charge in [-0.3, -0.25) is 9.78 Å². The van der Waals surface area contributed by atoms with E-state index >= 15 is 0 Å². The van der Waals surface area contributed by atoms with E-state index in [9.17, 15) is 4.79 Å². The van der Waals surface area contributed by atoms with E-state index in [1.54, 1.807) is 18.3 Å². The number of carbonyl (C=O) groups is 1. The zero-order valence-electron chi connectivity index (χ0n) is 11.0. The fraction of sp³-hybridized carbons (Fsp3) is 0. The summed E-state index contributed by atoms with van der Waals surface area (Å²) in [5.41, 5.74) is 8.45. The van der Waals surface area contributed by atoms with Crippen molar-refractivity contribution in [3.8, 4) is 11.3 Å². The molecule has 0 fully saturated rings. The molecule has 0 bridgehead atoms. The van der Waals surface area contributed by atoms with Gasteiger partial charge in [-0.15, -0.1) is 11.3 Å². The van der Waals surface area contributed by atoms with E-state index in [2.05, 4.69) is 15.3 Å². The van der Waals surface area contributed by atoms with Crippen molar-refractivity contribution >= 4 is 28.1 Å². The molecule has 0 saturated carbocycles. The summed E-state index contributed by atoms with van der Waals surface area (Å²) in [5.74, 6) is -0.209. The molecule has 1 amide bonds. The van der Waals surface area contributed by atoms with Crippen LogP contribution in [0.15, 0.2) is 54.2 Å². The van der Waals surface area contributed by atoms with Crippen molar-refractivity contribution in [3.63, 3.8) is 0 Å². The SMILES string of the molecule is Nc1nc(-c2ccccc2NC(=O)c2cccnc2)cs1. The van der Waals surface area contributed by atoms with Crippen molar-refractivity contribution in [3.05, 3.63) is 59.7 Å². The zero-order valence-corrected chi connectivity index (χ0v) is 11.8. The van der Waals surface area contributed by atoms with Crippen LogP contribution >= 0.6 is 11.3 Å². The molecule has 5 nitrogen and oxygen atoms in total. The molecule has 0 aliphatic heterocycles. The molecule has 3 N–H and O–H groups in total. The second-order valence-electron chi connectivity index (χ2n) is 4.31. The van der Waals surface area contributed by atoms with Gasteiger partial charge >= 0.3 is 0 Å². The van der Waals surface area contributed by atoms with Gasteiger partial charge in [-0.25, -0.2) is 4.98 Å². The maximum absolute atomic E-state index is 12.2. The van der Waals surface area contributed by atoms with Gasteiger partial charge in [0.15, 0.2) is 5.13 Å². The summed E-state index contributed by atoms with van der Waals surface area (Å²) in [7, 11) is 0. The number of para-hydroxylation sites is 1. The largest absolute Gasteiger partial charge is 0.375 e. The van der Waals surface area contributed by atoms with E-state index in [1.807, 2.05) is 29.6 Å². The van der Waals surface area contributed by atoms with Crippen molar-refractivity contribution in [1.29, 1.82) is 0 Å². The highest BCUT2D eigenvalue weighted by Crippen LogP contribution is 2.29. The number of carbonyl (C=O) groups excluding carboxylic acids is 1. The lowest BCUT2D eigenvalue weighted by molar-refractivity contribution is 0.102. The first-order valence-corrected chi connectivity index (χ1v) is 7.14. The number of nitrogens with two attached hydrogens (primary N) is 1. The minimum absolute atomic E-state index is 0.209. The van der Waals surface area contributed by atoms with Gasteiger partial charge in [0.25, 0.3) is 5.91 Å². The average molecular weight is 296 g/mol. The van der Waals surface area contributed by atoms with Crippen molar-refractivity contribution in [1.82, 2.24) is 9.97 Å². The van der Waals surface area contributed by atoms with E-state index < -0.39 is 0 Å². The Morgan fingerprint density at radius 3 is 2.76 bits per heavy atom. The maximum Gasteiger partial charge on any atom is 0.257 e. The van der Waals surface area contributed by atoms with Crippen molar-refractivity contribution in [2.75, 3.05) is 11.1 Å². The number of pyridine rings is 1. The average Bonchev–Trinajstić information content (AvgIpc) is 2.95. The highest BCUT2D eigenvalue weighted by atomic mass is 32.1. The number of rotatable bonds is 3. The molecule has 0 saturated heterocycles. The Morgan fingerprint density at radius 2 is 2.05 bits per heavy atom. The Bertz CT molecular complexity index is 770. The molecule has 1 aromatic carbocycles. The first-order chi connectivity index (χ1) is 10.2. The molecule has 3 aromatic rings. The molecule has 0 atom stereocenters. The summed E-state index contributed by atoms with van der Waals surface area (Å²) in [4.78, 5) is 20.4. The van der Waals surface area contributed by atoms with Crippen LogP contribution in [0.4, 0.5) is 10.8 Å². The molecule has 6 heteroatoms. The Morgan fingerprint density at radius 1 is 1.19 bits per heavy atom. The normalized spacial score (nSPS) is 10.3. The third-order valence-electron chi connectivity index (χ3n) is 2.90. The Labute approximate surface area is 125 Å². The molecule has 2 aromatic heterocycles. The number of hydrogen-bond donors (Lipinski definition) is 2. The van der Waals surface area contributed by atoms with Gasteiger partial charge in [-0.05, 0) is 18.2 Å². The quantitative estimate of drug-likeness (QED) is 0.778. The number of nitrogens with zero attached hydrogens (tertiary/aromatic N) is 2. The highest BCUT2D eigenvalue weighted by molar-refractivity contribution is 7.13. The highest BCUT2D eigenvalue weighted by Gasteiger charge is 2.11. The molecule has 0 aliphatic rings. The standard InChI is InChI=1S/C15H12N4OS/c16-15-19-13(9-21-15)11-5-1-2-6-12(11)18-14(20)10-4-3-7-17-8-10/h1-9H,(H2,16,19)(H,18,20). The molecule has 3 rings (SSSR count). The lowest BCUT2D eigenvalue weighted by Crippen LogP contribution is -2.12. The van der Waals surface area contributed by atoms with E-state index in [1.165, 1.54) is 17.5 Å². The van der Waals surface area contributed by atoms with Crippen LogP contribution in [0.5, 0.6) is 0 Å². The number of hydrogen-bond acceptors (Lipinski definition) is 5. The fourth-order valence-electron chi connectivity index (χ4n) is 1.92. The van der Waals surface area contributed by atoms with E-state index in [4.69, 9.17) is 5.73 Å². The van der Waals surface area contributed by atoms with Crippen LogP contribution in [0.2, 0.25) is 0 Å². The third-order valence-corrected chi connectivity index (χ3v) is 3.57. The molecular formula is C15H12N4OS. The topological polar surface area (TPSA) is 80.9 Å². The van der Waals surface area contributed by atoms with Gasteiger partial charge in [0.2, 0.25) is 0 Å². The Balaban J connectivity index is 1.91. The van der Waals surface area contributed by atoms with Gasteiger partial charge < -0.3 is 11.1 Å². The van der Waals surface area contributed by atoms with Gasteiger partial charge in [0.1, 0.15) is 0 Å². The molecule has 0 unspecified atom stereocenters. The summed E-state index contributed by atoms with van der Waals surface area (Å²) in [6.07, 6.45) is 3.15. The minimum atomic E-state index is -0.209. The molecular weight excluding hydrogens is 284 g/mol. The van der Waals surface area contributed by atoms with Gasteiger partial charge in [0, 0.05) is 23.3 Å². The molecule has 21 heavy (non-hydrogen) atoms. The summed E-state index contributed by atoms with van der Waals surface area (Å²) in [5, 5.41) is 5.24. The monoisotopic (exact) mass is 296 g/mol. The predicted octanol–water partition coefficient (Wildman–Crippen LogP) is 3.04. The number of nitrogen functional groups attached to an aromatic ring is 1. The Kier molecular flexibility index (Phi) is 3.61. The van der Waals surface area contributed by atoms with Crippen molar-refractivity contribution in [2.45, 2.75) is 0 Å². The smallest absolute Gasteiger partial charge is 0.257 e. The number of benzene rings is 1. The molecule has 2 heterocycles. The van der Waals surface area contributed by atoms with Crippen LogP contribution in [0, 0.1) is 0 Å². The van der Waals surface area contributed by atoms with Crippen LogP contribution in [-0.2, 0) is 0 Å². The van der Waals surface area contributed by atoms with Gasteiger partial charge in [-0.2, -0.15) is 0 Å². The summed E-state index contributed by atoms with van der Waals surface area (Å²) in [6.45, 7) is 0. The lowest BCUT2D eigenvalue weighted by Gasteiger charge is -2.09. The summed E-state index contributed by atoms with van der Waals surface area (Å²) < 4.78 is 0. The first kappa shape index (κ1) is 13.3. The number of thiazole rings is 1. The number of anilines is 2. The van der Waals surface area contributed by atoms with E-state index in [-0.39, 0.29) is 5.91 Å². The maximum atomic E-state index is 12.2. The second kappa shape index (κ2) is 5.72. The van der Waals surface area contributed by atoms with Crippen molar-refractivity contribution < 1.29 is 4.79 Å². The molecule has 104 valence electrons. The van der Waals surface area contributed by atoms with Crippen LogP contribution in [0.3, 0.4) is 0 Å². The second-order valence-corrected chi connectivity index (χ2v) is 5.20. The van der Waals surface area contributed by atoms with Crippen LogP contribution < -0.4 is 11.1 Å². The Hall–Kier alpha value is -2.73. The third kappa shape index (κ3) is 2.90. The predicted molar refractivity (Wildman–Crippen MR) is 84.2 cm³/mol. The first-order valence-electron chi connectivity index (χ1n) is 6.26. The lowest BCUT2D eigenvalue weighted by atomic mass is 10.1. The van der Waals surface area contributed by atoms with Gasteiger partial charge in [-0.1, -0.05) is 18.2 Å². The number of aromatic nitrogens is 2. The van der Waals surface area contributed by atoms with Crippen LogP contribution in [0.25, 0.3) is 11.3 Å². The minimum Gasteiger partial charge on any atom is -0.375 e. The van der Waals surface area contributed by atoms with E-state index in [0.717, 1.165) is 11.3 Å². The molecule has 0 spiro atoms. The van der Waals surface area contributed by atoms with E-state index in [0.29, 0.717) is 16.4 Å². The molecule has 0 aliphatic carbocycles. The van der Waals surface area contributed by atoms with Crippen molar-refractivity contribution in [2.24, 2.45) is 0 Å². The molecule has 0 radical (unpaired) electrons. The fourth-order valence-corrected chi connectivity index (χ4v) is 2.48. The number of amides is 1. The zero-order chi connectivity index (χ0) is 14.7. The van der Waals surface area contributed by atoms with Crippen LogP contribution in [0.1, 0.15) is 10.4 Å². The number of nitrogens with one attached hydrogen (secondary N) is 1.